The number of piperidine rings is 1. The van der Waals surface area contributed by atoms with E-state index in [1.54, 1.807) is 12.3 Å². The minimum Gasteiger partial charge on any atom is -0.371 e. The van der Waals surface area contributed by atoms with Gasteiger partial charge in [-0.25, -0.2) is 0 Å². The van der Waals surface area contributed by atoms with Crippen LogP contribution in [0.15, 0.2) is 67.0 Å². The maximum Gasteiger partial charge on any atom is 0.416 e. The van der Waals surface area contributed by atoms with Crippen molar-refractivity contribution in [3.63, 3.8) is 0 Å². The first-order valence-corrected chi connectivity index (χ1v) is 10.9. The van der Waals surface area contributed by atoms with Crippen molar-refractivity contribution < 1.29 is 18.0 Å². The van der Waals surface area contributed by atoms with Crippen molar-refractivity contribution in [1.29, 1.82) is 0 Å². The molecule has 1 fully saturated rings. The lowest BCUT2D eigenvalue weighted by Crippen LogP contribution is -2.43. The number of hydrogen-bond donors (Lipinski definition) is 2. The first-order valence-electron chi connectivity index (χ1n) is 10.9. The van der Waals surface area contributed by atoms with Crippen LogP contribution in [-0.2, 0) is 12.7 Å². The van der Waals surface area contributed by atoms with E-state index >= 15 is 0 Å². The third-order valence-electron chi connectivity index (χ3n) is 5.75. The molecule has 1 aromatic heterocycles. The highest BCUT2D eigenvalue weighted by molar-refractivity contribution is 6.04. The van der Waals surface area contributed by atoms with Gasteiger partial charge in [-0.1, -0.05) is 12.1 Å². The summed E-state index contributed by atoms with van der Waals surface area (Å²) in [5.41, 5.74) is 0.656. The Morgan fingerprint density at radius 3 is 2.58 bits per heavy atom. The Balaban J connectivity index is 1.30. The molecule has 2 aromatic carbocycles. The second-order valence-corrected chi connectivity index (χ2v) is 8.07. The Morgan fingerprint density at radius 2 is 1.85 bits per heavy atom. The van der Waals surface area contributed by atoms with Gasteiger partial charge in [-0.2, -0.15) is 18.3 Å². The van der Waals surface area contributed by atoms with E-state index in [1.165, 1.54) is 12.1 Å². The summed E-state index contributed by atoms with van der Waals surface area (Å²) in [5.74, 6) is -0.571. The molecule has 6 nitrogen and oxygen atoms in total. The van der Waals surface area contributed by atoms with Gasteiger partial charge in [-0.05, 0) is 55.3 Å². The molecule has 0 radical (unpaired) electrons. The molecular formula is C24H26F3N5O. The number of carbonyl (C=O) groups is 1. The molecule has 0 bridgehead atoms. The van der Waals surface area contributed by atoms with E-state index in [2.05, 4.69) is 20.6 Å². The van der Waals surface area contributed by atoms with Gasteiger partial charge < -0.3 is 15.5 Å². The quantitative estimate of drug-likeness (QED) is 0.552. The van der Waals surface area contributed by atoms with Gasteiger partial charge in [0.2, 0.25) is 0 Å². The van der Waals surface area contributed by atoms with Gasteiger partial charge in [-0.15, -0.1) is 0 Å². The largest absolute Gasteiger partial charge is 0.416 e. The minimum absolute atomic E-state index is 0.0303. The lowest BCUT2D eigenvalue weighted by molar-refractivity contribution is -0.137. The highest BCUT2D eigenvalue weighted by Gasteiger charge is 2.31. The third-order valence-corrected chi connectivity index (χ3v) is 5.75. The molecule has 4 rings (SSSR count). The lowest BCUT2D eigenvalue weighted by Gasteiger charge is -2.34. The monoisotopic (exact) mass is 457 g/mol. The van der Waals surface area contributed by atoms with Crippen molar-refractivity contribution in [2.75, 3.05) is 29.9 Å². The number of nitrogens with one attached hydrogen (secondary N) is 2. The first kappa shape index (κ1) is 22.8. The molecule has 1 amide bonds. The van der Waals surface area contributed by atoms with E-state index in [9.17, 15) is 18.0 Å². The van der Waals surface area contributed by atoms with Crippen LogP contribution in [0.1, 0.15) is 28.8 Å². The predicted molar refractivity (Wildman–Crippen MR) is 121 cm³/mol. The highest BCUT2D eigenvalue weighted by atomic mass is 19.4. The number of nitrogens with zero attached hydrogens (tertiary/aromatic N) is 3. The maximum atomic E-state index is 12.9. The number of hydrogen-bond acceptors (Lipinski definition) is 4. The van der Waals surface area contributed by atoms with E-state index < -0.39 is 17.6 Å². The summed E-state index contributed by atoms with van der Waals surface area (Å²) < 4.78 is 40.7. The fourth-order valence-electron chi connectivity index (χ4n) is 3.98. The molecule has 9 heteroatoms. The third kappa shape index (κ3) is 6.13. The van der Waals surface area contributed by atoms with Crippen LogP contribution in [0.2, 0.25) is 0 Å². The topological polar surface area (TPSA) is 62.2 Å². The summed E-state index contributed by atoms with van der Waals surface area (Å²) >= 11 is 0. The van der Waals surface area contributed by atoms with Crippen LogP contribution in [0.25, 0.3) is 0 Å². The van der Waals surface area contributed by atoms with Crippen LogP contribution < -0.4 is 15.5 Å². The summed E-state index contributed by atoms with van der Waals surface area (Å²) in [7, 11) is 0. The molecular weight excluding hydrogens is 431 g/mol. The van der Waals surface area contributed by atoms with Gasteiger partial charge in [-0.3, -0.25) is 9.48 Å². The number of benzene rings is 2. The van der Waals surface area contributed by atoms with Crippen LogP contribution in [-0.4, -0.2) is 41.4 Å². The average molecular weight is 458 g/mol. The maximum absolute atomic E-state index is 12.9. The molecule has 33 heavy (non-hydrogen) atoms. The van der Waals surface area contributed by atoms with Gasteiger partial charge in [0, 0.05) is 55.0 Å². The average Bonchev–Trinajstić information content (AvgIpc) is 3.33. The van der Waals surface area contributed by atoms with Gasteiger partial charge in [0.15, 0.2) is 0 Å². The van der Waals surface area contributed by atoms with Crippen LogP contribution in [0.4, 0.5) is 24.5 Å². The summed E-state index contributed by atoms with van der Waals surface area (Å²) in [6.45, 7) is 3.46. The molecule has 1 aliphatic rings. The number of alkyl halides is 3. The molecule has 2 N–H and O–H groups in total. The normalized spacial score (nSPS) is 14.9. The predicted octanol–water partition coefficient (Wildman–Crippen LogP) is 4.41. The smallest absolute Gasteiger partial charge is 0.371 e. The van der Waals surface area contributed by atoms with E-state index in [1.807, 2.05) is 35.1 Å². The summed E-state index contributed by atoms with van der Waals surface area (Å²) in [6, 6.07) is 14.2. The van der Waals surface area contributed by atoms with E-state index in [4.69, 9.17) is 0 Å². The number of amides is 1. The van der Waals surface area contributed by atoms with Crippen molar-refractivity contribution >= 4 is 17.3 Å². The highest BCUT2D eigenvalue weighted by Crippen LogP contribution is 2.30. The molecule has 174 valence electrons. The SMILES string of the molecule is O=C(Nc1cccc(N2CCC(NCCn3cccn3)CC2)c1)c1cccc(C(F)(F)F)c1. The van der Waals surface area contributed by atoms with E-state index in [-0.39, 0.29) is 5.56 Å². The van der Waals surface area contributed by atoms with Gasteiger partial charge in [0.1, 0.15) is 0 Å². The standard InChI is InChI=1S/C24H26F3N5O/c25-24(26,27)19-5-1-4-18(16-19)23(33)30-21-6-2-7-22(17-21)31-13-8-20(9-14-31)28-11-15-32-12-3-10-29-32/h1-7,10,12,16-17,20,28H,8-9,11,13-15H2,(H,30,33). The van der Waals surface area contributed by atoms with Gasteiger partial charge in [0.05, 0.1) is 12.1 Å². The molecule has 0 atom stereocenters. The number of anilines is 2. The van der Waals surface area contributed by atoms with Crippen LogP contribution in [0.5, 0.6) is 0 Å². The molecule has 0 unspecified atom stereocenters. The number of rotatable bonds is 7. The molecule has 0 saturated carbocycles. The first-order chi connectivity index (χ1) is 15.9. The Hall–Kier alpha value is -3.33. The summed E-state index contributed by atoms with van der Waals surface area (Å²) in [4.78, 5) is 14.8. The fraction of sp³-hybridized carbons (Fsp3) is 0.333. The molecule has 0 spiro atoms. The number of halogens is 3. The second kappa shape index (κ2) is 10.1. The Bertz CT molecular complexity index is 1060. The van der Waals surface area contributed by atoms with Crippen LogP contribution in [0, 0.1) is 0 Å². The number of carbonyl (C=O) groups excluding carboxylic acids is 1. The van der Waals surface area contributed by atoms with Crippen molar-refractivity contribution in [2.45, 2.75) is 31.6 Å². The van der Waals surface area contributed by atoms with Crippen molar-refractivity contribution in [3.05, 3.63) is 78.1 Å². The molecule has 3 aromatic rings. The van der Waals surface area contributed by atoms with Crippen molar-refractivity contribution in [1.82, 2.24) is 15.1 Å². The second-order valence-electron chi connectivity index (χ2n) is 8.07. The minimum atomic E-state index is -4.49. The molecule has 0 aliphatic carbocycles. The summed E-state index contributed by atoms with van der Waals surface area (Å²) in [6.07, 6.45) is 1.23. The number of aromatic nitrogens is 2. The zero-order valence-corrected chi connectivity index (χ0v) is 18.1. The summed E-state index contributed by atoms with van der Waals surface area (Å²) in [5, 5.41) is 10.5. The molecule has 1 aliphatic heterocycles. The van der Waals surface area contributed by atoms with Gasteiger partial charge in [0.25, 0.3) is 5.91 Å². The van der Waals surface area contributed by atoms with E-state index in [0.717, 1.165) is 56.8 Å². The van der Waals surface area contributed by atoms with Crippen molar-refractivity contribution in [2.24, 2.45) is 0 Å². The zero-order valence-electron chi connectivity index (χ0n) is 18.1. The Morgan fingerprint density at radius 1 is 1.06 bits per heavy atom. The van der Waals surface area contributed by atoms with Crippen molar-refractivity contribution in [3.8, 4) is 0 Å². The fourth-order valence-corrected chi connectivity index (χ4v) is 3.98. The van der Waals surface area contributed by atoms with Crippen LogP contribution >= 0.6 is 0 Å². The molecule has 1 saturated heterocycles. The zero-order chi connectivity index (χ0) is 23.3. The molecule has 2 heterocycles. The lowest BCUT2D eigenvalue weighted by atomic mass is 10.0. The van der Waals surface area contributed by atoms with E-state index in [0.29, 0.717) is 11.7 Å². The van der Waals surface area contributed by atoms with Crippen LogP contribution in [0.3, 0.4) is 0 Å². The Kier molecular flexibility index (Phi) is 6.98. The Labute approximate surface area is 190 Å². The van der Waals surface area contributed by atoms with Gasteiger partial charge >= 0.3 is 6.18 Å².